The van der Waals surface area contributed by atoms with Gasteiger partial charge in [0.15, 0.2) is 0 Å². The summed E-state index contributed by atoms with van der Waals surface area (Å²) < 4.78 is 76.2. The van der Waals surface area contributed by atoms with E-state index in [1.165, 1.54) is 0 Å². The quantitative estimate of drug-likeness (QED) is 0.502. The van der Waals surface area contributed by atoms with Crippen LogP contribution in [0.4, 0.5) is 26.3 Å². The number of pyridine rings is 1. The summed E-state index contributed by atoms with van der Waals surface area (Å²) in [4.78, 5) is 3.35. The second-order valence-electron chi connectivity index (χ2n) is 4.10. The molecule has 1 nitrogen and oxygen atoms in total. The summed E-state index contributed by atoms with van der Waals surface area (Å²) in [6.07, 6.45) is -8.25. The molecule has 0 aliphatic rings. The fourth-order valence-electron chi connectivity index (χ4n) is 1.79. The minimum Gasteiger partial charge on any atom is -0.244 e. The number of hydrogen-bond donors (Lipinski definition) is 0. The van der Waals surface area contributed by atoms with Gasteiger partial charge in [0.1, 0.15) is 10.7 Å². The monoisotopic (exact) mass is 325 g/mol. The maximum Gasteiger partial charge on any atom is 0.419 e. The van der Waals surface area contributed by atoms with Gasteiger partial charge in [-0.3, -0.25) is 0 Å². The normalized spacial score (nSPS) is 12.5. The van der Waals surface area contributed by atoms with Gasteiger partial charge < -0.3 is 0 Å². The lowest BCUT2D eigenvalue weighted by Gasteiger charge is -2.14. The third-order valence-electron chi connectivity index (χ3n) is 2.71. The van der Waals surface area contributed by atoms with Crippen LogP contribution in [0.1, 0.15) is 11.1 Å². The van der Waals surface area contributed by atoms with Crippen LogP contribution in [0, 0.1) is 0 Å². The van der Waals surface area contributed by atoms with Gasteiger partial charge in [-0.1, -0.05) is 23.7 Å². The maximum atomic E-state index is 13.0. The predicted octanol–water partition coefficient (Wildman–Crippen LogP) is 5.44. The van der Waals surface area contributed by atoms with Gasteiger partial charge in [0, 0.05) is 6.20 Å². The van der Waals surface area contributed by atoms with Gasteiger partial charge in [-0.15, -0.1) is 0 Å². The van der Waals surface area contributed by atoms with Gasteiger partial charge in [-0.25, -0.2) is 4.98 Å². The van der Waals surface area contributed by atoms with E-state index in [-0.39, 0.29) is 11.1 Å². The first-order valence-corrected chi connectivity index (χ1v) is 5.88. The first-order chi connectivity index (χ1) is 9.60. The minimum absolute atomic E-state index is 0.0281. The van der Waals surface area contributed by atoms with Crippen molar-refractivity contribution in [2.24, 2.45) is 0 Å². The highest BCUT2D eigenvalue weighted by Crippen LogP contribution is 2.41. The van der Waals surface area contributed by atoms with Crippen LogP contribution in [0.25, 0.3) is 11.1 Å². The van der Waals surface area contributed by atoms with Crippen molar-refractivity contribution >= 4 is 11.6 Å². The molecule has 2 rings (SSSR count). The largest absolute Gasteiger partial charge is 0.419 e. The van der Waals surface area contributed by atoms with E-state index in [1.807, 2.05) is 0 Å². The fourth-order valence-corrected chi connectivity index (χ4v) is 2.05. The van der Waals surface area contributed by atoms with Crippen molar-refractivity contribution in [2.45, 2.75) is 12.4 Å². The Morgan fingerprint density at radius 3 is 1.86 bits per heavy atom. The maximum absolute atomic E-state index is 13.0. The van der Waals surface area contributed by atoms with Crippen LogP contribution in [0.5, 0.6) is 0 Å². The molecule has 0 radical (unpaired) electrons. The first kappa shape index (κ1) is 15.6. The Bertz CT molecular complexity index is 645. The molecule has 0 spiro atoms. The third-order valence-corrected chi connectivity index (χ3v) is 3.00. The number of nitrogens with zero attached hydrogens (tertiary/aromatic N) is 1. The molecule has 1 aromatic heterocycles. The predicted molar refractivity (Wildman–Crippen MR) is 64.7 cm³/mol. The van der Waals surface area contributed by atoms with Gasteiger partial charge in [-0.05, 0) is 29.3 Å². The Labute approximate surface area is 120 Å². The molecule has 0 fully saturated rings. The van der Waals surface area contributed by atoms with Crippen molar-refractivity contribution in [1.29, 1.82) is 0 Å². The first-order valence-electron chi connectivity index (χ1n) is 5.50. The van der Waals surface area contributed by atoms with Crippen molar-refractivity contribution in [1.82, 2.24) is 4.98 Å². The Kier molecular flexibility index (Phi) is 3.88. The topological polar surface area (TPSA) is 12.9 Å². The van der Waals surface area contributed by atoms with E-state index in [2.05, 4.69) is 4.98 Å². The molecule has 0 aliphatic carbocycles. The molecule has 2 aromatic rings. The van der Waals surface area contributed by atoms with E-state index in [0.29, 0.717) is 12.1 Å². The highest BCUT2D eigenvalue weighted by atomic mass is 35.5. The molecule has 0 N–H and O–H groups in total. The number of aromatic nitrogens is 1. The van der Waals surface area contributed by atoms with Gasteiger partial charge in [0.05, 0.1) is 5.56 Å². The van der Waals surface area contributed by atoms with Crippen molar-refractivity contribution in [3.8, 4) is 11.1 Å². The molecule has 0 unspecified atom stereocenters. The molecule has 8 heteroatoms. The zero-order valence-electron chi connectivity index (χ0n) is 10.1. The molecule has 0 aliphatic heterocycles. The number of hydrogen-bond acceptors (Lipinski definition) is 1. The molecule has 0 amide bonds. The van der Waals surface area contributed by atoms with Gasteiger partial charge in [-0.2, -0.15) is 26.3 Å². The van der Waals surface area contributed by atoms with Crippen LogP contribution in [0.2, 0.25) is 5.15 Å². The molecular weight excluding hydrogens is 320 g/mol. The molecule has 21 heavy (non-hydrogen) atoms. The summed E-state index contributed by atoms with van der Waals surface area (Å²) in [5.41, 5.74) is -2.47. The summed E-state index contributed by atoms with van der Waals surface area (Å²) in [5, 5.41) is -0.750. The lowest BCUT2D eigenvalue weighted by atomic mass is 10.00. The van der Waals surface area contributed by atoms with Crippen LogP contribution in [0.3, 0.4) is 0 Å². The van der Waals surface area contributed by atoms with Gasteiger partial charge >= 0.3 is 12.4 Å². The number of alkyl halides is 6. The van der Waals surface area contributed by atoms with Crippen LogP contribution in [0.15, 0.2) is 36.5 Å². The Balaban J connectivity index is 2.56. The Morgan fingerprint density at radius 2 is 1.38 bits per heavy atom. The SMILES string of the molecule is FC(F)(F)c1ccc(-c2ccnc(Cl)c2C(F)(F)F)cc1. The van der Waals surface area contributed by atoms with Crippen molar-refractivity contribution in [3.05, 3.63) is 52.8 Å². The van der Waals surface area contributed by atoms with E-state index in [1.54, 1.807) is 0 Å². The standard InChI is InChI=1S/C13H6ClF6N/c14-11-10(13(18,19)20)9(5-6-21-11)7-1-3-8(4-2-7)12(15,16)17/h1-6H. The summed E-state index contributed by atoms with van der Waals surface area (Å²) >= 11 is 5.46. The minimum atomic E-state index is -4.76. The van der Waals surface area contributed by atoms with Crippen molar-refractivity contribution < 1.29 is 26.3 Å². The van der Waals surface area contributed by atoms with Gasteiger partial charge in [0.25, 0.3) is 0 Å². The van der Waals surface area contributed by atoms with E-state index in [0.717, 1.165) is 24.4 Å². The number of benzene rings is 1. The molecule has 112 valence electrons. The number of rotatable bonds is 1. The third kappa shape index (κ3) is 3.29. The van der Waals surface area contributed by atoms with Gasteiger partial charge in [0.2, 0.25) is 0 Å². The average molecular weight is 326 g/mol. The molecule has 0 saturated carbocycles. The zero-order valence-corrected chi connectivity index (χ0v) is 10.8. The van der Waals surface area contributed by atoms with E-state index in [4.69, 9.17) is 11.6 Å². The highest BCUT2D eigenvalue weighted by molar-refractivity contribution is 6.30. The van der Waals surface area contributed by atoms with Crippen LogP contribution >= 0.6 is 11.6 Å². The lowest BCUT2D eigenvalue weighted by molar-refractivity contribution is -0.138. The lowest BCUT2D eigenvalue weighted by Crippen LogP contribution is -2.09. The molecule has 0 saturated heterocycles. The van der Waals surface area contributed by atoms with Crippen LogP contribution in [-0.2, 0) is 12.4 Å². The molecular formula is C13H6ClF6N. The second-order valence-corrected chi connectivity index (χ2v) is 4.46. The molecule has 1 aromatic carbocycles. The van der Waals surface area contributed by atoms with Crippen molar-refractivity contribution in [2.75, 3.05) is 0 Å². The molecule has 0 atom stereocenters. The highest BCUT2D eigenvalue weighted by Gasteiger charge is 2.37. The molecule has 0 bridgehead atoms. The van der Waals surface area contributed by atoms with Crippen LogP contribution < -0.4 is 0 Å². The zero-order chi connectivity index (χ0) is 15.8. The summed E-state index contributed by atoms with van der Waals surface area (Å²) in [5.74, 6) is 0. The Hall–Kier alpha value is -1.76. The smallest absolute Gasteiger partial charge is 0.244 e. The summed E-state index contributed by atoms with van der Waals surface area (Å²) in [7, 11) is 0. The van der Waals surface area contributed by atoms with Crippen LogP contribution in [-0.4, -0.2) is 4.98 Å². The Morgan fingerprint density at radius 1 is 0.810 bits per heavy atom. The summed E-state index contributed by atoms with van der Waals surface area (Å²) in [6.45, 7) is 0. The van der Waals surface area contributed by atoms with E-state index < -0.39 is 28.6 Å². The molecule has 1 heterocycles. The average Bonchev–Trinajstić information content (AvgIpc) is 2.36. The number of halogens is 7. The summed E-state index contributed by atoms with van der Waals surface area (Å²) in [6, 6.07) is 4.40. The van der Waals surface area contributed by atoms with E-state index >= 15 is 0 Å². The van der Waals surface area contributed by atoms with Crippen molar-refractivity contribution in [3.63, 3.8) is 0 Å². The second kappa shape index (κ2) is 5.22. The van der Waals surface area contributed by atoms with E-state index in [9.17, 15) is 26.3 Å². The fraction of sp³-hybridized carbons (Fsp3) is 0.154.